The SMILES string of the molecule is COc1ccc2c(c1)c(C(=O)N1CCc3[nH]nc(C(=O)O)c3C1)c(C)n2C. The normalized spacial score (nSPS) is 13.7. The highest BCUT2D eigenvalue weighted by atomic mass is 16.5. The lowest BCUT2D eigenvalue weighted by molar-refractivity contribution is 0.0674. The summed E-state index contributed by atoms with van der Waals surface area (Å²) in [6, 6.07) is 5.67. The van der Waals surface area contributed by atoms with Gasteiger partial charge in [-0.25, -0.2) is 4.79 Å². The maximum absolute atomic E-state index is 13.4. The fraction of sp³-hybridized carbons (Fsp3) is 0.316. The Labute approximate surface area is 155 Å². The van der Waals surface area contributed by atoms with E-state index in [4.69, 9.17) is 4.74 Å². The highest BCUT2D eigenvalue weighted by Crippen LogP contribution is 2.31. The van der Waals surface area contributed by atoms with Crippen LogP contribution >= 0.6 is 0 Å². The largest absolute Gasteiger partial charge is 0.497 e. The number of benzene rings is 1. The molecule has 0 saturated heterocycles. The number of carboxylic acid groups (broad SMARTS) is 1. The van der Waals surface area contributed by atoms with Gasteiger partial charge >= 0.3 is 5.97 Å². The Morgan fingerprint density at radius 1 is 1.33 bits per heavy atom. The van der Waals surface area contributed by atoms with Crippen LogP contribution in [0.2, 0.25) is 0 Å². The molecule has 0 spiro atoms. The van der Waals surface area contributed by atoms with Crippen LogP contribution in [-0.4, -0.2) is 50.3 Å². The van der Waals surface area contributed by atoms with Gasteiger partial charge in [0.25, 0.3) is 5.91 Å². The number of amides is 1. The minimum atomic E-state index is -1.09. The molecule has 3 aromatic rings. The molecule has 0 unspecified atom stereocenters. The second-order valence-electron chi connectivity index (χ2n) is 6.71. The number of fused-ring (bicyclic) bond motifs is 2. The van der Waals surface area contributed by atoms with Crippen molar-refractivity contribution in [2.75, 3.05) is 13.7 Å². The Hall–Kier alpha value is -3.29. The molecule has 0 bridgehead atoms. The van der Waals surface area contributed by atoms with Gasteiger partial charge in [-0.1, -0.05) is 0 Å². The highest BCUT2D eigenvalue weighted by Gasteiger charge is 2.30. The number of carbonyl (C=O) groups is 2. The minimum absolute atomic E-state index is 0.0150. The fourth-order valence-electron chi connectivity index (χ4n) is 3.75. The molecule has 4 rings (SSSR count). The summed E-state index contributed by atoms with van der Waals surface area (Å²) in [6.07, 6.45) is 0.550. The number of hydrogen-bond acceptors (Lipinski definition) is 4. The zero-order chi connectivity index (χ0) is 19.3. The number of nitrogens with one attached hydrogen (secondary N) is 1. The smallest absolute Gasteiger partial charge is 0.356 e. The number of carboxylic acids is 1. The molecule has 140 valence electrons. The van der Waals surface area contributed by atoms with Crippen LogP contribution in [0.15, 0.2) is 18.2 Å². The number of aryl methyl sites for hydroxylation is 1. The highest BCUT2D eigenvalue weighted by molar-refractivity contribution is 6.09. The molecule has 1 amide bonds. The number of aromatic nitrogens is 3. The standard InChI is InChI=1S/C19H20N4O4/c1-10-16(12-8-11(27-3)4-5-15(12)22(10)2)18(24)23-7-6-14-13(9-23)17(19(25)26)21-20-14/h4-5,8H,6-7,9H2,1-3H3,(H,20,21)(H,25,26). The summed E-state index contributed by atoms with van der Waals surface area (Å²) in [5, 5.41) is 16.8. The molecule has 1 aromatic carbocycles. The third-order valence-electron chi connectivity index (χ3n) is 5.34. The predicted molar refractivity (Wildman–Crippen MR) is 98.2 cm³/mol. The molecule has 0 radical (unpaired) electrons. The van der Waals surface area contributed by atoms with Crippen molar-refractivity contribution in [1.29, 1.82) is 0 Å². The molecule has 0 saturated carbocycles. The lowest BCUT2D eigenvalue weighted by Gasteiger charge is -2.27. The topological polar surface area (TPSA) is 100 Å². The summed E-state index contributed by atoms with van der Waals surface area (Å²) in [7, 11) is 3.52. The first-order valence-electron chi connectivity index (χ1n) is 8.64. The number of aromatic carboxylic acids is 1. The van der Waals surface area contributed by atoms with E-state index >= 15 is 0 Å². The Morgan fingerprint density at radius 2 is 2.11 bits per heavy atom. The monoisotopic (exact) mass is 368 g/mol. The first kappa shape index (κ1) is 17.1. The summed E-state index contributed by atoms with van der Waals surface area (Å²) in [5.41, 5.74) is 3.78. The van der Waals surface area contributed by atoms with E-state index in [1.165, 1.54) is 0 Å². The molecule has 8 nitrogen and oxygen atoms in total. The summed E-state index contributed by atoms with van der Waals surface area (Å²) in [5.74, 6) is -0.520. The molecule has 2 aromatic heterocycles. The van der Waals surface area contributed by atoms with Gasteiger partial charge < -0.3 is 19.3 Å². The van der Waals surface area contributed by atoms with Crippen LogP contribution in [0.5, 0.6) is 5.75 Å². The Kier molecular flexibility index (Phi) is 3.91. The van der Waals surface area contributed by atoms with Crippen molar-refractivity contribution in [3.05, 3.63) is 46.4 Å². The molecule has 2 N–H and O–H groups in total. The van der Waals surface area contributed by atoms with Crippen molar-refractivity contribution in [3.63, 3.8) is 0 Å². The van der Waals surface area contributed by atoms with Gasteiger partial charge in [0.2, 0.25) is 0 Å². The van der Waals surface area contributed by atoms with E-state index in [9.17, 15) is 14.7 Å². The van der Waals surface area contributed by atoms with Gasteiger partial charge in [0.1, 0.15) is 5.75 Å². The molecule has 27 heavy (non-hydrogen) atoms. The summed E-state index contributed by atoms with van der Waals surface area (Å²) in [6.45, 7) is 2.65. The summed E-state index contributed by atoms with van der Waals surface area (Å²) >= 11 is 0. The molecule has 3 heterocycles. The number of ether oxygens (including phenoxy) is 1. The van der Waals surface area contributed by atoms with Gasteiger partial charge in [-0.3, -0.25) is 9.89 Å². The van der Waals surface area contributed by atoms with Crippen LogP contribution < -0.4 is 4.74 Å². The molecule has 1 aliphatic heterocycles. The third kappa shape index (κ3) is 2.56. The second-order valence-corrected chi connectivity index (χ2v) is 6.71. The average molecular weight is 368 g/mol. The van der Waals surface area contributed by atoms with Crippen LogP contribution in [-0.2, 0) is 20.0 Å². The van der Waals surface area contributed by atoms with Crippen molar-refractivity contribution in [2.24, 2.45) is 7.05 Å². The van der Waals surface area contributed by atoms with E-state index in [0.29, 0.717) is 29.8 Å². The first-order chi connectivity index (χ1) is 12.9. The van der Waals surface area contributed by atoms with E-state index in [1.54, 1.807) is 12.0 Å². The number of aromatic amines is 1. The second kappa shape index (κ2) is 6.15. The van der Waals surface area contributed by atoms with Gasteiger partial charge in [-0.15, -0.1) is 0 Å². The first-order valence-corrected chi connectivity index (χ1v) is 8.64. The fourth-order valence-corrected chi connectivity index (χ4v) is 3.75. The van der Waals surface area contributed by atoms with Crippen LogP contribution in [0.4, 0.5) is 0 Å². The maximum atomic E-state index is 13.4. The van der Waals surface area contributed by atoms with Gasteiger partial charge in [-0.2, -0.15) is 5.10 Å². The maximum Gasteiger partial charge on any atom is 0.356 e. The van der Waals surface area contributed by atoms with Crippen LogP contribution in [0.25, 0.3) is 10.9 Å². The minimum Gasteiger partial charge on any atom is -0.497 e. The number of hydrogen-bond donors (Lipinski definition) is 2. The zero-order valence-electron chi connectivity index (χ0n) is 15.4. The molecular formula is C19H20N4O4. The zero-order valence-corrected chi connectivity index (χ0v) is 15.4. The Morgan fingerprint density at radius 3 is 2.81 bits per heavy atom. The average Bonchev–Trinajstić information content (AvgIpc) is 3.20. The van der Waals surface area contributed by atoms with Gasteiger partial charge in [0, 0.05) is 47.9 Å². The summed E-state index contributed by atoms with van der Waals surface area (Å²) in [4.78, 5) is 26.4. The molecule has 0 fully saturated rings. The van der Waals surface area contributed by atoms with E-state index in [0.717, 1.165) is 22.3 Å². The third-order valence-corrected chi connectivity index (χ3v) is 5.34. The van der Waals surface area contributed by atoms with Crippen molar-refractivity contribution >= 4 is 22.8 Å². The van der Waals surface area contributed by atoms with E-state index < -0.39 is 5.97 Å². The summed E-state index contributed by atoms with van der Waals surface area (Å²) < 4.78 is 7.30. The Balaban J connectivity index is 1.76. The van der Waals surface area contributed by atoms with Gasteiger partial charge in [-0.05, 0) is 25.1 Å². The quantitative estimate of drug-likeness (QED) is 0.737. The predicted octanol–water partition coefficient (Wildman–Crippen LogP) is 2.12. The van der Waals surface area contributed by atoms with Crippen molar-refractivity contribution in [3.8, 4) is 5.75 Å². The van der Waals surface area contributed by atoms with Crippen LogP contribution in [0.3, 0.4) is 0 Å². The van der Waals surface area contributed by atoms with Crippen LogP contribution in [0.1, 0.15) is 37.8 Å². The molecular weight excluding hydrogens is 348 g/mol. The van der Waals surface area contributed by atoms with Crippen molar-refractivity contribution < 1.29 is 19.4 Å². The van der Waals surface area contributed by atoms with Gasteiger partial charge in [0.05, 0.1) is 19.2 Å². The number of carbonyl (C=O) groups excluding carboxylic acids is 1. The lowest BCUT2D eigenvalue weighted by Crippen LogP contribution is -2.36. The molecule has 8 heteroatoms. The molecule has 0 atom stereocenters. The number of nitrogens with zero attached hydrogens (tertiary/aromatic N) is 3. The van der Waals surface area contributed by atoms with Gasteiger partial charge in [0.15, 0.2) is 5.69 Å². The molecule has 0 aliphatic carbocycles. The number of H-pyrrole nitrogens is 1. The lowest BCUT2D eigenvalue weighted by atomic mass is 10.0. The van der Waals surface area contributed by atoms with Crippen molar-refractivity contribution in [2.45, 2.75) is 19.9 Å². The van der Waals surface area contributed by atoms with Crippen LogP contribution in [0, 0.1) is 6.92 Å². The number of methoxy groups -OCH3 is 1. The van der Waals surface area contributed by atoms with E-state index in [2.05, 4.69) is 10.2 Å². The van der Waals surface area contributed by atoms with Crippen molar-refractivity contribution in [1.82, 2.24) is 19.7 Å². The Bertz CT molecular complexity index is 1080. The number of rotatable bonds is 3. The van der Waals surface area contributed by atoms with E-state index in [1.807, 2.05) is 36.7 Å². The molecule has 1 aliphatic rings. The van der Waals surface area contributed by atoms with E-state index in [-0.39, 0.29) is 18.1 Å².